The van der Waals surface area contributed by atoms with Gasteiger partial charge >= 0.3 is 12.4 Å². The number of halogens is 8. The van der Waals surface area contributed by atoms with E-state index in [4.69, 9.17) is 32.8 Å². The maximum Gasteiger partial charge on any atom is 0.416 e. The first-order valence-electron chi connectivity index (χ1n) is 13.5. The van der Waals surface area contributed by atoms with E-state index in [-0.39, 0.29) is 18.2 Å². The first-order valence-corrected chi connectivity index (χ1v) is 14.3. The Kier molecular flexibility index (Phi) is 11.3. The molecule has 15 heteroatoms. The van der Waals surface area contributed by atoms with Crippen LogP contribution >= 0.6 is 23.2 Å². The molecule has 0 N–H and O–H groups in total. The molecule has 3 aromatic rings. The van der Waals surface area contributed by atoms with Crippen LogP contribution in [0.25, 0.3) is 0 Å². The highest BCUT2D eigenvalue weighted by atomic mass is 35.5. The van der Waals surface area contributed by atoms with E-state index in [9.17, 15) is 26.3 Å². The minimum absolute atomic E-state index is 0.0777. The number of hydrogen-bond donors (Lipinski definition) is 0. The Bertz CT molecular complexity index is 1390. The van der Waals surface area contributed by atoms with Gasteiger partial charge in [0.1, 0.15) is 7.11 Å². The van der Waals surface area contributed by atoms with Crippen LogP contribution in [0.3, 0.4) is 0 Å². The minimum Gasteiger partial charge on any atom is -0.399 e. The largest absolute Gasteiger partial charge is 0.416 e. The normalized spacial score (nSPS) is 15.8. The van der Waals surface area contributed by atoms with E-state index in [1.807, 2.05) is 0 Å². The first kappa shape index (κ1) is 33.8. The molecule has 2 aromatic carbocycles. The van der Waals surface area contributed by atoms with Crippen LogP contribution in [0.5, 0.6) is 0 Å². The van der Waals surface area contributed by atoms with Crippen molar-refractivity contribution in [1.82, 2.24) is 14.9 Å². The molecule has 0 aliphatic carbocycles. The van der Waals surface area contributed by atoms with Gasteiger partial charge in [-0.3, -0.25) is 4.90 Å². The molecule has 1 fully saturated rings. The molecular weight excluding hydrogens is 635 g/mol. The lowest BCUT2D eigenvalue weighted by Crippen LogP contribution is -2.47. The van der Waals surface area contributed by atoms with Crippen LogP contribution in [0.15, 0.2) is 60.0 Å². The van der Waals surface area contributed by atoms with Crippen LogP contribution in [0, 0.1) is 0 Å². The number of aromatic nitrogens is 2. The summed E-state index contributed by atoms with van der Waals surface area (Å²) in [4.78, 5) is 18.0. The molecule has 2 heterocycles. The zero-order valence-electron chi connectivity index (χ0n) is 23.5. The van der Waals surface area contributed by atoms with Crippen molar-refractivity contribution in [3.63, 3.8) is 0 Å². The SMILES string of the molecule is CO/N=C(\COCc1cc(C(F)(F)F)cc(C(F)(F)F)c1)C(CCN1CCN(c2ncccn2)CC1)c1ccc(Cl)c(Cl)c1. The molecule has 0 spiro atoms. The van der Waals surface area contributed by atoms with Crippen LogP contribution < -0.4 is 4.90 Å². The lowest BCUT2D eigenvalue weighted by molar-refractivity contribution is -0.143. The fourth-order valence-corrected chi connectivity index (χ4v) is 5.18. The van der Waals surface area contributed by atoms with Gasteiger partial charge in [-0.2, -0.15) is 26.3 Å². The average Bonchev–Trinajstić information content (AvgIpc) is 2.98. The van der Waals surface area contributed by atoms with Gasteiger partial charge < -0.3 is 14.5 Å². The van der Waals surface area contributed by atoms with E-state index in [2.05, 4.69) is 24.9 Å². The quantitative estimate of drug-likeness (QED) is 0.122. The van der Waals surface area contributed by atoms with Crippen molar-refractivity contribution < 1.29 is 35.9 Å². The molecule has 0 saturated carbocycles. The highest BCUT2D eigenvalue weighted by Gasteiger charge is 2.37. The molecule has 0 amide bonds. The molecule has 1 aliphatic heterocycles. The summed E-state index contributed by atoms with van der Waals surface area (Å²) >= 11 is 12.4. The predicted octanol–water partition coefficient (Wildman–Crippen LogP) is 7.34. The van der Waals surface area contributed by atoms with Crippen LogP contribution in [-0.4, -0.2) is 67.0 Å². The fraction of sp³-hybridized carbons (Fsp3) is 0.414. The summed E-state index contributed by atoms with van der Waals surface area (Å²) in [5, 5.41) is 4.78. The molecule has 4 rings (SSSR count). The summed E-state index contributed by atoms with van der Waals surface area (Å²) in [6.07, 6.45) is -6.00. The second-order valence-corrected chi connectivity index (χ2v) is 10.9. The van der Waals surface area contributed by atoms with Gasteiger partial charge in [0.25, 0.3) is 0 Å². The van der Waals surface area contributed by atoms with Gasteiger partial charge in [-0.05, 0) is 60.5 Å². The van der Waals surface area contributed by atoms with E-state index in [0.717, 1.165) is 31.7 Å². The number of piperazine rings is 1. The number of oxime groups is 1. The Labute approximate surface area is 260 Å². The third-order valence-electron chi connectivity index (χ3n) is 7.06. The fourth-order valence-electron chi connectivity index (χ4n) is 4.88. The van der Waals surface area contributed by atoms with Gasteiger partial charge in [0.15, 0.2) is 0 Å². The number of anilines is 1. The van der Waals surface area contributed by atoms with Gasteiger partial charge in [-0.15, -0.1) is 0 Å². The molecule has 1 atom stereocenters. The van der Waals surface area contributed by atoms with Crippen molar-refractivity contribution in [3.05, 3.63) is 87.2 Å². The summed E-state index contributed by atoms with van der Waals surface area (Å²) in [5.41, 5.74) is -1.98. The zero-order valence-corrected chi connectivity index (χ0v) is 25.0. The van der Waals surface area contributed by atoms with Crippen LogP contribution in [0.2, 0.25) is 10.0 Å². The van der Waals surface area contributed by atoms with Crippen molar-refractivity contribution in [2.24, 2.45) is 5.16 Å². The molecule has 1 unspecified atom stereocenters. The van der Waals surface area contributed by atoms with Crippen molar-refractivity contribution in [3.8, 4) is 0 Å². The predicted molar refractivity (Wildman–Crippen MR) is 155 cm³/mol. The van der Waals surface area contributed by atoms with Crippen molar-refractivity contribution in [2.45, 2.75) is 31.3 Å². The Balaban J connectivity index is 1.48. The lowest BCUT2D eigenvalue weighted by Gasteiger charge is -2.35. The van der Waals surface area contributed by atoms with Crippen LogP contribution in [0.1, 0.15) is 34.6 Å². The Morgan fingerprint density at radius 1 is 0.909 bits per heavy atom. The Morgan fingerprint density at radius 3 is 2.11 bits per heavy atom. The third kappa shape index (κ3) is 9.19. The van der Waals surface area contributed by atoms with Gasteiger partial charge in [-0.1, -0.05) is 34.4 Å². The highest BCUT2D eigenvalue weighted by Crippen LogP contribution is 2.36. The summed E-state index contributed by atoms with van der Waals surface area (Å²) in [7, 11) is 1.33. The maximum absolute atomic E-state index is 13.3. The molecule has 0 bridgehead atoms. The third-order valence-corrected chi connectivity index (χ3v) is 7.80. The van der Waals surface area contributed by atoms with Crippen molar-refractivity contribution in [2.75, 3.05) is 51.3 Å². The van der Waals surface area contributed by atoms with Crippen LogP contribution in [-0.2, 0) is 28.5 Å². The van der Waals surface area contributed by atoms with Gasteiger partial charge in [0.05, 0.1) is 40.1 Å². The van der Waals surface area contributed by atoms with Gasteiger partial charge in [-0.25, -0.2) is 9.97 Å². The summed E-state index contributed by atoms with van der Waals surface area (Å²) in [6.45, 7) is 2.83. The van der Waals surface area contributed by atoms with E-state index in [1.165, 1.54) is 7.11 Å². The molecule has 0 radical (unpaired) electrons. The molecule has 238 valence electrons. The van der Waals surface area contributed by atoms with E-state index >= 15 is 0 Å². The maximum atomic E-state index is 13.3. The Morgan fingerprint density at radius 2 is 1.55 bits per heavy atom. The van der Waals surface area contributed by atoms with Gasteiger partial charge in [0.2, 0.25) is 5.95 Å². The molecule has 1 aromatic heterocycles. The van der Waals surface area contributed by atoms with E-state index in [0.29, 0.717) is 46.8 Å². The second kappa shape index (κ2) is 14.8. The number of nitrogens with zero attached hydrogens (tertiary/aromatic N) is 5. The molecule has 44 heavy (non-hydrogen) atoms. The number of rotatable bonds is 11. The standard InChI is InChI=1S/C29H29Cl2F6N5O2/c1-43-40-26(18-44-17-19-13-21(28(32,33)34)16-22(14-19)29(35,36)37)23(20-3-4-24(30)25(31)15-20)5-8-41-9-11-42(12-10-41)27-38-6-2-7-39-27/h2-4,6-7,13-16,23H,5,8-12,17-18H2,1H3/b40-26+. The summed E-state index contributed by atoms with van der Waals surface area (Å²) < 4.78 is 85.5. The Hall–Kier alpha value is -3.13. The number of hydrogen-bond acceptors (Lipinski definition) is 7. The topological polar surface area (TPSA) is 63.1 Å². The zero-order chi connectivity index (χ0) is 31.9. The van der Waals surface area contributed by atoms with Gasteiger partial charge in [0, 0.05) is 44.5 Å². The minimum atomic E-state index is -4.96. The monoisotopic (exact) mass is 663 g/mol. The highest BCUT2D eigenvalue weighted by molar-refractivity contribution is 6.42. The first-order chi connectivity index (χ1) is 20.8. The lowest BCUT2D eigenvalue weighted by atomic mass is 9.90. The van der Waals surface area contributed by atoms with E-state index < -0.39 is 36.0 Å². The number of alkyl halides is 6. The smallest absolute Gasteiger partial charge is 0.399 e. The second-order valence-electron chi connectivity index (χ2n) is 10.1. The van der Waals surface area contributed by atoms with E-state index in [1.54, 1.807) is 36.7 Å². The number of benzene rings is 2. The number of ether oxygens (including phenoxy) is 1. The summed E-state index contributed by atoms with van der Waals surface area (Å²) in [5.74, 6) is 0.253. The molecular formula is C29H29Cl2F6N5O2. The summed E-state index contributed by atoms with van der Waals surface area (Å²) in [6, 6.07) is 8.21. The average molecular weight is 664 g/mol. The molecule has 1 saturated heterocycles. The van der Waals surface area contributed by atoms with Crippen molar-refractivity contribution >= 4 is 34.9 Å². The van der Waals surface area contributed by atoms with Crippen molar-refractivity contribution in [1.29, 1.82) is 0 Å². The molecule has 1 aliphatic rings. The molecule has 7 nitrogen and oxygen atoms in total. The van der Waals surface area contributed by atoms with Crippen LogP contribution in [0.4, 0.5) is 32.3 Å².